The quantitative estimate of drug-likeness (QED) is 0.568. The summed E-state index contributed by atoms with van der Waals surface area (Å²) in [5, 5.41) is 0.806. The summed E-state index contributed by atoms with van der Waals surface area (Å²) in [6.45, 7) is 6.62. The second-order valence-corrected chi connectivity index (χ2v) is 9.98. The number of methoxy groups -OCH3 is 1. The third-order valence-electron chi connectivity index (χ3n) is 5.24. The van der Waals surface area contributed by atoms with Crippen LogP contribution in [0.2, 0.25) is 0 Å². The van der Waals surface area contributed by atoms with Crippen LogP contribution in [0.25, 0.3) is 0 Å². The van der Waals surface area contributed by atoms with E-state index in [0.29, 0.717) is 39.3 Å². The van der Waals surface area contributed by atoms with Crippen molar-refractivity contribution in [1.82, 2.24) is 18.8 Å². The Bertz CT molecular complexity index is 968. The standard InChI is InChI=1S/C20H28N4O4S2/c1-16-17(2)24(13-14-28-3)20(21-16)29-15-19(25)22-9-11-23(12-10-22)30(26,27)18-7-5-4-6-8-18/h4-8H,9-15H2,1-3H3. The summed E-state index contributed by atoms with van der Waals surface area (Å²) in [5.74, 6) is 0.266. The molecule has 1 fully saturated rings. The first-order valence-corrected chi connectivity index (χ1v) is 12.3. The van der Waals surface area contributed by atoms with Crippen molar-refractivity contribution in [3.8, 4) is 0 Å². The van der Waals surface area contributed by atoms with Crippen LogP contribution in [0.4, 0.5) is 0 Å². The van der Waals surface area contributed by atoms with E-state index in [1.54, 1.807) is 42.3 Å². The van der Waals surface area contributed by atoms with Crippen LogP contribution in [-0.2, 0) is 26.1 Å². The van der Waals surface area contributed by atoms with Gasteiger partial charge in [-0.1, -0.05) is 30.0 Å². The predicted octanol–water partition coefficient (Wildman–Crippen LogP) is 1.77. The number of hydrogen-bond donors (Lipinski definition) is 0. The Morgan fingerprint density at radius 1 is 1.13 bits per heavy atom. The maximum atomic E-state index is 12.7. The average molecular weight is 453 g/mol. The highest BCUT2D eigenvalue weighted by Gasteiger charge is 2.30. The maximum absolute atomic E-state index is 12.7. The van der Waals surface area contributed by atoms with E-state index in [-0.39, 0.29) is 16.6 Å². The van der Waals surface area contributed by atoms with E-state index >= 15 is 0 Å². The molecule has 1 saturated heterocycles. The molecule has 1 aromatic carbocycles. The van der Waals surface area contributed by atoms with Gasteiger partial charge >= 0.3 is 0 Å². The summed E-state index contributed by atoms with van der Waals surface area (Å²) < 4.78 is 34.1. The van der Waals surface area contributed by atoms with Crippen LogP contribution in [0.5, 0.6) is 0 Å². The molecule has 0 aliphatic carbocycles. The van der Waals surface area contributed by atoms with Gasteiger partial charge in [0.2, 0.25) is 15.9 Å². The average Bonchev–Trinajstić information content (AvgIpc) is 3.04. The molecule has 164 valence electrons. The molecule has 2 heterocycles. The number of piperazine rings is 1. The largest absolute Gasteiger partial charge is 0.383 e. The van der Waals surface area contributed by atoms with Crippen molar-refractivity contribution < 1.29 is 17.9 Å². The molecule has 8 nitrogen and oxygen atoms in total. The van der Waals surface area contributed by atoms with E-state index in [1.807, 2.05) is 13.8 Å². The summed E-state index contributed by atoms with van der Waals surface area (Å²) in [4.78, 5) is 19.3. The van der Waals surface area contributed by atoms with Crippen molar-refractivity contribution in [2.24, 2.45) is 0 Å². The van der Waals surface area contributed by atoms with Gasteiger partial charge in [-0.25, -0.2) is 13.4 Å². The number of carbonyl (C=O) groups is 1. The molecule has 0 N–H and O–H groups in total. The molecular weight excluding hydrogens is 424 g/mol. The highest BCUT2D eigenvalue weighted by molar-refractivity contribution is 7.99. The van der Waals surface area contributed by atoms with Crippen LogP contribution in [0.3, 0.4) is 0 Å². The molecule has 0 unspecified atom stereocenters. The van der Waals surface area contributed by atoms with Gasteiger partial charge in [-0.05, 0) is 26.0 Å². The van der Waals surface area contributed by atoms with Crippen LogP contribution in [0.15, 0.2) is 40.4 Å². The summed E-state index contributed by atoms with van der Waals surface area (Å²) in [6, 6.07) is 8.41. The Morgan fingerprint density at radius 2 is 1.80 bits per heavy atom. The van der Waals surface area contributed by atoms with Crippen molar-refractivity contribution in [2.75, 3.05) is 45.6 Å². The van der Waals surface area contributed by atoms with Gasteiger partial charge in [-0.15, -0.1) is 0 Å². The Hall–Kier alpha value is -1.88. The normalized spacial score (nSPS) is 15.5. The van der Waals surface area contributed by atoms with E-state index in [4.69, 9.17) is 4.74 Å². The SMILES string of the molecule is COCCn1c(SCC(=O)N2CCN(S(=O)(=O)c3ccccc3)CC2)nc(C)c1C. The second-order valence-electron chi connectivity index (χ2n) is 7.10. The van der Waals surface area contributed by atoms with Gasteiger partial charge < -0.3 is 14.2 Å². The fraction of sp³-hybridized carbons (Fsp3) is 0.500. The fourth-order valence-electron chi connectivity index (χ4n) is 3.32. The molecular formula is C20H28N4O4S2. The van der Waals surface area contributed by atoms with E-state index in [0.717, 1.165) is 16.5 Å². The van der Waals surface area contributed by atoms with Gasteiger partial charge in [0.05, 0.1) is 22.9 Å². The monoisotopic (exact) mass is 452 g/mol. The van der Waals surface area contributed by atoms with Crippen LogP contribution in [-0.4, -0.2) is 78.7 Å². The van der Waals surface area contributed by atoms with E-state index in [2.05, 4.69) is 9.55 Å². The van der Waals surface area contributed by atoms with E-state index < -0.39 is 10.0 Å². The molecule has 1 aliphatic rings. The Morgan fingerprint density at radius 3 is 2.43 bits per heavy atom. The molecule has 0 radical (unpaired) electrons. The zero-order valence-electron chi connectivity index (χ0n) is 17.6. The molecule has 0 saturated carbocycles. The number of carbonyl (C=O) groups excluding carboxylic acids is 1. The smallest absolute Gasteiger partial charge is 0.243 e. The predicted molar refractivity (Wildman–Crippen MR) is 116 cm³/mol. The van der Waals surface area contributed by atoms with Crippen LogP contribution < -0.4 is 0 Å². The number of nitrogens with zero attached hydrogens (tertiary/aromatic N) is 4. The van der Waals surface area contributed by atoms with Crippen LogP contribution in [0, 0.1) is 13.8 Å². The van der Waals surface area contributed by atoms with Gasteiger partial charge in [0.15, 0.2) is 5.16 Å². The van der Waals surface area contributed by atoms with Crippen LogP contribution >= 0.6 is 11.8 Å². The lowest BCUT2D eigenvalue weighted by atomic mass is 10.3. The first-order chi connectivity index (χ1) is 14.3. The number of imidazole rings is 1. The van der Waals surface area contributed by atoms with Crippen molar-refractivity contribution in [3.63, 3.8) is 0 Å². The minimum absolute atomic E-state index is 0.00615. The van der Waals surface area contributed by atoms with Gasteiger partial charge in [-0.3, -0.25) is 4.79 Å². The number of benzene rings is 1. The number of thioether (sulfide) groups is 1. The first-order valence-electron chi connectivity index (χ1n) is 9.83. The highest BCUT2D eigenvalue weighted by atomic mass is 32.2. The Labute approximate surface area is 182 Å². The molecule has 0 atom stereocenters. The third kappa shape index (κ3) is 5.05. The second kappa shape index (κ2) is 9.95. The molecule has 1 amide bonds. The lowest BCUT2D eigenvalue weighted by Gasteiger charge is -2.34. The number of ether oxygens (including phenoxy) is 1. The maximum Gasteiger partial charge on any atom is 0.243 e. The topological polar surface area (TPSA) is 84.7 Å². The lowest BCUT2D eigenvalue weighted by molar-refractivity contribution is -0.129. The minimum atomic E-state index is -3.52. The lowest BCUT2D eigenvalue weighted by Crippen LogP contribution is -2.50. The number of sulfonamides is 1. The van der Waals surface area contributed by atoms with Gasteiger partial charge in [-0.2, -0.15) is 4.31 Å². The number of aromatic nitrogens is 2. The van der Waals surface area contributed by atoms with E-state index in [9.17, 15) is 13.2 Å². The minimum Gasteiger partial charge on any atom is -0.383 e. The third-order valence-corrected chi connectivity index (χ3v) is 8.11. The molecule has 2 aromatic rings. The Balaban J connectivity index is 1.56. The van der Waals surface area contributed by atoms with Gasteiger partial charge in [0.25, 0.3) is 0 Å². The summed E-state index contributed by atoms with van der Waals surface area (Å²) in [6.07, 6.45) is 0. The van der Waals surface area contributed by atoms with Crippen molar-refractivity contribution in [1.29, 1.82) is 0 Å². The van der Waals surface area contributed by atoms with Gasteiger partial charge in [0.1, 0.15) is 0 Å². The van der Waals surface area contributed by atoms with Crippen molar-refractivity contribution >= 4 is 27.7 Å². The molecule has 30 heavy (non-hydrogen) atoms. The molecule has 0 spiro atoms. The number of amides is 1. The van der Waals surface area contributed by atoms with Gasteiger partial charge in [0, 0.05) is 45.5 Å². The first kappa shape index (κ1) is 22.8. The molecule has 0 bridgehead atoms. The molecule has 10 heteroatoms. The summed E-state index contributed by atoms with van der Waals surface area (Å²) in [7, 11) is -1.86. The zero-order chi connectivity index (χ0) is 21.7. The Kier molecular flexibility index (Phi) is 7.56. The summed E-state index contributed by atoms with van der Waals surface area (Å²) >= 11 is 1.41. The molecule has 3 rings (SSSR count). The van der Waals surface area contributed by atoms with E-state index in [1.165, 1.54) is 16.1 Å². The van der Waals surface area contributed by atoms with Crippen LogP contribution in [0.1, 0.15) is 11.4 Å². The zero-order valence-corrected chi connectivity index (χ0v) is 19.2. The number of rotatable bonds is 8. The number of aryl methyl sites for hydroxylation is 1. The highest BCUT2D eigenvalue weighted by Crippen LogP contribution is 2.22. The molecule has 1 aromatic heterocycles. The summed E-state index contributed by atoms with van der Waals surface area (Å²) in [5.41, 5.74) is 2.02. The fourth-order valence-corrected chi connectivity index (χ4v) is 5.78. The van der Waals surface area contributed by atoms with Crippen molar-refractivity contribution in [2.45, 2.75) is 30.4 Å². The number of hydrogen-bond acceptors (Lipinski definition) is 6. The van der Waals surface area contributed by atoms with Crippen molar-refractivity contribution in [3.05, 3.63) is 41.7 Å². The molecule has 1 aliphatic heterocycles.